The number of hydrogen-bond donors (Lipinski definition) is 1. The first-order chi connectivity index (χ1) is 13.8. The van der Waals surface area contributed by atoms with Crippen LogP contribution in [0.15, 0.2) is 30.3 Å². The largest absolute Gasteiger partial charge is 0.497 e. The van der Waals surface area contributed by atoms with E-state index in [1.54, 1.807) is 7.11 Å². The molecule has 1 aliphatic rings. The van der Waals surface area contributed by atoms with Crippen LogP contribution in [0.5, 0.6) is 11.6 Å². The normalized spacial score (nSPS) is 14.5. The molecule has 1 N–H and O–H groups in total. The third-order valence-corrected chi connectivity index (χ3v) is 5.33. The van der Waals surface area contributed by atoms with Gasteiger partial charge in [0.15, 0.2) is 0 Å². The molecule has 2 aromatic rings. The highest BCUT2D eigenvalue weighted by Crippen LogP contribution is 2.37. The van der Waals surface area contributed by atoms with Crippen LogP contribution in [0.4, 0.5) is 0 Å². The number of aromatic nitrogens is 1. The highest BCUT2D eigenvalue weighted by Gasteiger charge is 2.22. The van der Waals surface area contributed by atoms with Gasteiger partial charge in [-0.1, -0.05) is 31.4 Å². The third-order valence-electron chi connectivity index (χ3n) is 5.33. The van der Waals surface area contributed by atoms with Crippen LogP contribution < -0.4 is 9.47 Å². The Balaban J connectivity index is 2.00. The number of aliphatic hydroxyl groups is 1. The van der Waals surface area contributed by atoms with Gasteiger partial charge >= 0.3 is 0 Å². The smallest absolute Gasteiger partial charge is 0.232 e. The van der Waals surface area contributed by atoms with Gasteiger partial charge in [-0.3, -0.25) is 0 Å². The van der Waals surface area contributed by atoms with Crippen molar-refractivity contribution in [3.05, 3.63) is 41.6 Å². The highest BCUT2D eigenvalue weighted by molar-refractivity contribution is 5.73. The molecule has 1 aromatic carbocycles. The summed E-state index contributed by atoms with van der Waals surface area (Å²) in [5.41, 5.74) is 3.30. The molecule has 0 spiro atoms. The molecule has 0 amide bonds. The van der Waals surface area contributed by atoms with E-state index in [0.717, 1.165) is 41.8 Å². The molecular formula is C23H28N2O3. The summed E-state index contributed by atoms with van der Waals surface area (Å²) in [6.07, 6.45) is 7.39. The fourth-order valence-corrected chi connectivity index (χ4v) is 3.74. The van der Waals surface area contributed by atoms with E-state index in [1.807, 2.05) is 24.3 Å². The predicted octanol–water partition coefficient (Wildman–Crippen LogP) is 4.83. The molecule has 5 nitrogen and oxygen atoms in total. The number of nitriles is 1. The predicted molar refractivity (Wildman–Crippen MR) is 109 cm³/mol. The van der Waals surface area contributed by atoms with E-state index in [9.17, 15) is 5.26 Å². The number of rotatable bonds is 8. The van der Waals surface area contributed by atoms with Gasteiger partial charge in [0, 0.05) is 23.8 Å². The number of hydrogen-bond acceptors (Lipinski definition) is 5. The lowest BCUT2D eigenvalue weighted by Gasteiger charge is -2.23. The summed E-state index contributed by atoms with van der Waals surface area (Å²) in [5.74, 6) is 1.61. The van der Waals surface area contributed by atoms with E-state index in [1.165, 1.54) is 19.3 Å². The summed E-state index contributed by atoms with van der Waals surface area (Å²) in [7, 11) is 1.64. The maximum absolute atomic E-state index is 9.83. The van der Waals surface area contributed by atoms with Gasteiger partial charge in [0.2, 0.25) is 5.88 Å². The van der Waals surface area contributed by atoms with Crippen molar-refractivity contribution in [2.24, 2.45) is 0 Å². The Labute approximate surface area is 166 Å². The minimum atomic E-state index is 0.140. The van der Waals surface area contributed by atoms with Crippen molar-refractivity contribution in [3.63, 3.8) is 0 Å². The molecule has 0 aliphatic heterocycles. The molecule has 1 aliphatic carbocycles. The third kappa shape index (κ3) is 4.82. The topological polar surface area (TPSA) is 75.4 Å². The van der Waals surface area contributed by atoms with Gasteiger partial charge in [0.05, 0.1) is 13.7 Å². The van der Waals surface area contributed by atoms with Crippen LogP contribution in [0, 0.1) is 11.3 Å². The van der Waals surface area contributed by atoms with E-state index in [2.05, 4.69) is 12.1 Å². The fourth-order valence-electron chi connectivity index (χ4n) is 3.74. The molecular weight excluding hydrogens is 352 g/mol. The Hall–Kier alpha value is -2.58. The van der Waals surface area contributed by atoms with E-state index in [0.29, 0.717) is 30.4 Å². The number of benzene rings is 1. The van der Waals surface area contributed by atoms with Crippen LogP contribution in [0.25, 0.3) is 11.1 Å². The zero-order chi connectivity index (χ0) is 19.8. The van der Waals surface area contributed by atoms with E-state index in [-0.39, 0.29) is 6.61 Å². The van der Waals surface area contributed by atoms with Crippen molar-refractivity contribution < 1.29 is 14.6 Å². The number of aliphatic hydroxyl groups excluding tert-OH is 1. The molecule has 28 heavy (non-hydrogen) atoms. The van der Waals surface area contributed by atoms with Crippen molar-refractivity contribution in [2.75, 3.05) is 20.3 Å². The Morgan fingerprint density at radius 2 is 1.89 bits per heavy atom. The van der Waals surface area contributed by atoms with Gasteiger partial charge in [-0.25, -0.2) is 4.98 Å². The van der Waals surface area contributed by atoms with Gasteiger partial charge in [0.1, 0.15) is 17.4 Å². The summed E-state index contributed by atoms with van der Waals surface area (Å²) >= 11 is 0. The summed E-state index contributed by atoms with van der Waals surface area (Å²) in [4.78, 5) is 4.75. The molecule has 5 heteroatoms. The molecule has 0 bridgehead atoms. The van der Waals surface area contributed by atoms with E-state index >= 15 is 0 Å². The lowest BCUT2D eigenvalue weighted by atomic mass is 9.85. The van der Waals surface area contributed by atoms with Crippen molar-refractivity contribution in [3.8, 4) is 28.8 Å². The quantitative estimate of drug-likeness (QED) is 0.664. The van der Waals surface area contributed by atoms with Gasteiger partial charge in [0.25, 0.3) is 0 Å². The minimum Gasteiger partial charge on any atom is -0.497 e. The molecule has 148 valence electrons. The van der Waals surface area contributed by atoms with Crippen molar-refractivity contribution in [1.29, 1.82) is 5.26 Å². The maximum Gasteiger partial charge on any atom is 0.232 e. The number of pyridine rings is 1. The number of methoxy groups -OCH3 is 1. The Bertz CT molecular complexity index is 806. The zero-order valence-corrected chi connectivity index (χ0v) is 16.5. The first-order valence-electron chi connectivity index (χ1n) is 10.1. The van der Waals surface area contributed by atoms with Gasteiger partial charge < -0.3 is 14.6 Å². The van der Waals surface area contributed by atoms with Crippen LogP contribution >= 0.6 is 0 Å². The Morgan fingerprint density at radius 1 is 1.14 bits per heavy atom. The molecule has 1 heterocycles. The highest BCUT2D eigenvalue weighted by atomic mass is 16.5. The lowest BCUT2D eigenvalue weighted by Crippen LogP contribution is -2.10. The lowest BCUT2D eigenvalue weighted by molar-refractivity contribution is 0.248. The second kappa shape index (κ2) is 10.1. The van der Waals surface area contributed by atoms with Crippen LogP contribution in [0.3, 0.4) is 0 Å². The number of nitrogens with zero attached hydrogens (tertiary/aromatic N) is 2. The van der Waals surface area contributed by atoms with Gasteiger partial charge in [-0.05, 0) is 49.4 Å². The monoisotopic (exact) mass is 380 g/mol. The maximum atomic E-state index is 9.83. The summed E-state index contributed by atoms with van der Waals surface area (Å²) < 4.78 is 11.2. The van der Waals surface area contributed by atoms with Gasteiger partial charge in [-0.2, -0.15) is 5.26 Å². The van der Waals surface area contributed by atoms with E-state index < -0.39 is 0 Å². The summed E-state index contributed by atoms with van der Waals surface area (Å²) in [6, 6.07) is 12.1. The fraction of sp³-hybridized carbons (Fsp3) is 0.478. The molecule has 0 unspecified atom stereocenters. The molecule has 0 radical (unpaired) electrons. The average molecular weight is 380 g/mol. The first-order valence-corrected chi connectivity index (χ1v) is 10.1. The second-order valence-corrected chi connectivity index (χ2v) is 7.23. The second-order valence-electron chi connectivity index (χ2n) is 7.23. The number of ether oxygens (including phenoxy) is 2. The Morgan fingerprint density at radius 3 is 2.54 bits per heavy atom. The Kier molecular flexibility index (Phi) is 7.27. The molecule has 1 fully saturated rings. The van der Waals surface area contributed by atoms with E-state index in [4.69, 9.17) is 19.6 Å². The van der Waals surface area contributed by atoms with Crippen molar-refractivity contribution >= 4 is 0 Å². The summed E-state index contributed by atoms with van der Waals surface area (Å²) in [6.45, 7) is 0.583. The van der Waals surface area contributed by atoms with Crippen LogP contribution in [-0.4, -0.2) is 30.4 Å². The summed E-state index contributed by atoms with van der Waals surface area (Å²) in [5, 5.41) is 18.8. The van der Waals surface area contributed by atoms with Gasteiger partial charge in [-0.15, -0.1) is 0 Å². The number of unbranched alkanes of at least 4 members (excludes halogenated alkanes) is 1. The molecule has 0 saturated heterocycles. The van der Waals surface area contributed by atoms with Crippen LogP contribution in [0.1, 0.15) is 62.1 Å². The van der Waals surface area contributed by atoms with Crippen LogP contribution in [0.2, 0.25) is 0 Å². The van der Waals surface area contributed by atoms with Crippen molar-refractivity contribution in [2.45, 2.75) is 50.9 Å². The van der Waals surface area contributed by atoms with Crippen molar-refractivity contribution in [1.82, 2.24) is 4.98 Å². The molecule has 3 rings (SSSR count). The molecule has 1 aromatic heterocycles. The average Bonchev–Trinajstić information content (AvgIpc) is 2.76. The zero-order valence-electron chi connectivity index (χ0n) is 16.5. The standard InChI is InChI=1S/C23H28N2O3/c1-27-19-11-9-17(10-12-19)20-15-22(18-7-3-2-4-8-18)25-23(21(20)16-24)28-14-6-5-13-26/h9-12,15,18,26H,2-8,13-14H2,1H3. The minimum absolute atomic E-state index is 0.140. The molecule has 0 atom stereocenters. The molecule has 1 saturated carbocycles. The first kappa shape index (κ1) is 20.2. The SMILES string of the molecule is COc1ccc(-c2cc(C3CCCCC3)nc(OCCCCO)c2C#N)cc1. The van der Waals surface area contributed by atoms with Crippen LogP contribution in [-0.2, 0) is 0 Å².